The molecule has 2 fully saturated rings. The number of nitrogens with zero attached hydrogens (tertiary/aromatic N) is 1. The summed E-state index contributed by atoms with van der Waals surface area (Å²) < 4.78 is 0. The molecule has 2 amide bonds. The van der Waals surface area contributed by atoms with E-state index in [-0.39, 0.29) is 36.2 Å². The van der Waals surface area contributed by atoms with Gasteiger partial charge in [-0.15, -0.1) is 12.4 Å². The molecule has 5 nitrogen and oxygen atoms in total. The van der Waals surface area contributed by atoms with Gasteiger partial charge in [0.05, 0.1) is 6.04 Å². The first-order chi connectivity index (χ1) is 13.7. The van der Waals surface area contributed by atoms with Gasteiger partial charge in [-0.2, -0.15) is 0 Å². The first kappa shape index (κ1) is 21.3. The molecule has 0 saturated carbocycles. The van der Waals surface area contributed by atoms with Crippen LogP contribution in [0.15, 0.2) is 54.6 Å². The Kier molecular flexibility index (Phi) is 7.29. The van der Waals surface area contributed by atoms with Crippen LogP contribution in [0.2, 0.25) is 0 Å². The molecule has 2 aliphatic rings. The van der Waals surface area contributed by atoms with Crippen LogP contribution in [-0.2, 0) is 4.79 Å². The Balaban J connectivity index is 0.00000240. The Morgan fingerprint density at radius 3 is 2.31 bits per heavy atom. The van der Waals surface area contributed by atoms with Crippen LogP contribution in [-0.4, -0.2) is 36.3 Å². The van der Waals surface area contributed by atoms with Gasteiger partial charge in [-0.25, -0.2) is 0 Å². The van der Waals surface area contributed by atoms with Crippen molar-refractivity contribution in [2.75, 3.05) is 25.0 Å². The van der Waals surface area contributed by atoms with Crippen LogP contribution in [0, 0.1) is 5.92 Å². The summed E-state index contributed by atoms with van der Waals surface area (Å²) in [5.74, 6) is 0.200. The number of hydrogen-bond donors (Lipinski definition) is 2. The largest absolute Gasteiger partial charge is 0.332 e. The third-order valence-electron chi connectivity index (χ3n) is 5.81. The van der Waals surface area contributed by atoms with E-state index in [1.54, 1.807) is 0 Å². The number of amides is 2. The number of anilines is 1. The number of likely N-dealkylation sites (tertiary alicyclic amines) is 1. The summed E-state index contributed by atoms with van der Waals surface area (Å²) in [4.78, 5) is 27.4. The molecule has 2 aromatic carbocycles. The lowest BCUT2D eigenvalue weighted by Crippen LogP contribution is -2.34. The standard InChI is InChI=1S/C23H27N3O2.ClH/c27-22(18-12-14-24-15-13-18)25-20-10-8-19(9-11-20)23(28)26-16-4-7-21(26)17-5-2-1-3-6-17;/h1-3,5-6,8-11,18,21,24H,4,7,12-16H2,(H,25,27);1H. The van der Waals surface area contributed by atoms with Gasteiger partial charge in [0.15, 0.2) is 0 Å². The van der Waals surface area contributed by atoms with Gasteiger partial charge in [-0.1, -0.05) is 30.3 Å². The Morgan fingerprint density at radius 2 is 1.62 bits per heavy atom. The zero-order valence-electron chi connectivity index (χ0n) is 16.5. The Morgan fingerprint density at radius 1 is 0.931 bits per heavy atom. The minimum atomic E-state index is 0. The van der Waals surface area contributed by atoms with E-state index in [1.807, 2.05) is 47.4 Å². The molecule has 2 aliphatic heterocycles. The molecule has 154 valence electrons. The van der Waals surface area contributed by atoms with Crippen molar-refractivity contribution < 1.29 is 9.59 Å². The summed E-state index contributed by atoms with van der Waals surface area (Å²) in [6.07, 6.45) is 3.77. The van der Waals surface area contributed by atoms with Crippen molar-refractivity contribution in [2.24, 2.45) is 5.92 Å². The third-order valence-corrected chi connectivity index (χ3v) is 5.81. The zero-order chi connectivity index (χ0) is 19.3. The Hall–Kier alpha value is -2.37. The molecule has 1 unspecified atom stereocenters. The van der Waals surface area contributed by atoms with Crippen molar-refractivity contribution in [3.8, 4) is 0 Å². The van der Waals surface area contributed by atoms with E-state index in [0.717, 1.165) is 51.0 Å². The lowest BCUT2D eigenvalue weighted by atomic mass is 9.97. The SMILES string of the molecule is Cl.O=C(Nc1ccc(C(=O)N2CCCC2c2ccccc2)cc1)C1CCNCC1. The molecule has 0 spiro atoms. The highest BCUT2D eigenvalue weighted by molar-refractivity contribution is 5.96. The second kappa shape index (κ2) is 9.90. The highest BCUT2D eigenvalue weighted by Gasteiger charge is 2.30. The Labute approximate surface area is 178 Å². The quantitative estimate of drug-likeness (QED) is 0.795. The molecule has 0 aliphatic carbocycles. The van der Waals surface area contributed by atoms with Crippen molar-refractivity contribution in [3.63, 3.8) is 0 Å². The van der Waals surface area contributed by atoms with Gasteiger partial charge < -0.3 is 15.5 Å². The fraction of sp³-hybridized carbons (Fsp3) is 0.391. The van der Waals surface area contributed by atoms with Crippen LogP contribution in [0.5, 0.6) is 0 Å². The van der Waals surface area contributed by atoms with Crippen LogP contribution in [0.25, 0.3) is 0 Å². The maximum absolute atomic E-state index is 13.0. The van der Waals surface area contributed by atoms with Crippen molar-refractivity contribution in [1.29, 1.82) is 0 Å². The van der Waals surface area contributed by atoms with Crippen molar-refractivity contribution >= 4 is 29.9 Å². The topological polar surface area (TPSA) is 61.4 Å². The number of nitrogens with one attached hydrogen (secondary N) is 2. The molecular weight excluding hydrogens is 386 g/mol. The first-order valence-electron chi connectivity index (χ1n) is 10.2. The molecule has 2 aromatic rings. The number of benzene rings is 2. The Bertz CT molecular complexity index is 820. The van der Waals surface area contributed by atoms with Gasteiger partial charge in [-0.05, 0) is 68.6 Å². The summed E-state index contributed by atoms with van der Waals surface area (Å²) in [6.45, 7) is 2.57. The second-order valence-electron chi connectivity index (χ2n) is 7.66. The number of rotatable bonds is 4. The fourth-order valence-electron chi connectivity index (χ4n) is 4.22. The van der Waals surface area contributed by atoms with E-state index in [9.17, 15) is 9.59 Å². The highest BCUT2D eigenvalue weighted by Crippen LogP contribution is 2.33. The van der Waals surface area contributed by atoms with E-state index < -0.39 is 0 Å². The fourth-order valence-corrected chi connectivity index (χ4v) is 4.22. The average molecular weight is 414 g/mol. The van der Waals surface area contributed by atoms with E-state index in [4.69, 9.17) is 0 Å². The molecular formula is C23H28ClN3O2. The molecule has 2 N–H and O–H groups in total. The number of hydrogen-bond acceptors (Lipinski definition) is 3. The van der Waals surface area contributed by atoms with Crippen LogP contribution in [0.4, 0.5) is 5.69 Å². The summed E-state index contributed by atoms with van der Waals surface area (Å²) in [6, 6.07) is 17.7. The predicted molar refractivity (Wildman–Crippen MR) is 117 cm³/mol. The highest BCUT2D eigenvalue weighted by atomic mass is 35.5. The zero-order valence-corrected chi connectivity index (χ0v) is 17.3. The predicted octanol–water partition coefficient (Wildman–Crippen LogP) is 4.02. The second-order valence-corrected chi connectivity index (χ2v) is 7.66. The lowest BCUT2D eigenvalue weighted by molar-refractivity contribution is -0.120. The summed E-state index contributed by atoms with van der Waals surface area (Å²) in [5, 5.41) is 6.26. The minimum absolute atomic E-state index is 0. The van der Waals surface area contributed by atoms with Crippen LogP contribution < -0.4 is 10.6 Å². The van der Waals surface area contributed by atoms with Crippen molar-refractivity contribution in [1.82, 2.24) is 10.2 Å². The maximum atomic E-state index is 13.0. The molecule has 0 radical (unpaired) electrons. The van der Waals surface area contributed by atoms with Gasteiger partial charge in [0.2, 0.25) is 5.91 Å². The van der Waals surface area contributed by atoms with E-state index >= 15 is 0 Å². The minimum Gasteiger partial charge on any atom is -0.332 e. The monoisotopic (exact) mass is 413 g/mol. The van der Waals surface area contributed by atoms with E-state index in [2.05, 4.69) is 22.8 Å². The molecule has 1 atom stereocenters. The smallest absolute Gasteiger partial charge is 0.254 e. The summed E-state index contributed by atoms with van der Waals surface area (Å²) >= 11 is 0. The normalized spacial score (nSPS) is 19.4. The van der Waals surface area contributed by atoms with Gasteiger partial charge in [0.1, 0.15) is 0 Å². The van der Waals surface area contributed by atoms with Crippen LogP contribution in [0.3, 0.4) is 0 Å². The summed E-state index contributed by atoms with van der Waals surface area (Å²) in [5.41, 5.74) is 2.61. The number of carbonyl (C=O) groups is 2. The number of carbonyl (C=O) groups excluding carboxylic acids is 2. The molecule has 6 heteroatoms. The third kappa shape index (κ3) is 4.98. The van der Waals surface area contributed by atoms with Gasteiger partial charge in [0.25, 0.3) is 5.91 Å². The first-order valence-corrected chi connectivity index (χ1v) is 10.2. The van der Waals surface area contributed by atoms with Gasteiger partial charge in [-0.3, -0.25) is 9.59 Å². The molecule has 4 rings (SSSR count). The van der Waals surface area contributed by atoms with Crippen LogP contribution >= 0.6 is 12.4 Å². The molecule has 2 saturated heterocycles. The lowest BCUT2D eigenvalue weighted by Gasteiger charge is -2.25. The molecule has 29 heavy (non-hydrogen) atoms. The van der Waals surface area contributed by atoms with E-state index in [1.165, 1.54) is 5.56 Å². The number of piperidine rings is 1. The number of halogens is 1. The molecule has 0 aromatic heterocycles. The van der Waals surface area contributed by atoms with Crippen molar-refractivity contribution in [3.05, 3.63) is 65.7 Å². The van der Waals surface area contributed by atoms with Gasteiger partial charge >= 0.3 is 0 Å². The summed E-state index contributed by atoms with van der Waals surface area (Å²) in [7, 11) is 0. The maximum Gasteiger partial charge on any atom is 0.254 e. The average Bonchev–Trinajstić information content (AvgIpc) is 3.25. The van der Waals surface area contributed by atoms with Gasteiger partial charge in [0, 0.05) is 23.7 Å². The van der Waals surface area contributed by atoms with Crippen molar-refractivity contribution in [2.45, 2.75) is 31.7 Å². The van der Waals surface area contributed by atoms with E-state index in [0.29, 0.717) is 5.56 Å². The molecule has 2 heterocycles. The molecule has 0 bridgehead atoms. The van der Waals surface area contributed by atoms with Crippen LogP contribution in [0.1, 0.15) is 47.6 Å².